The number of piperazine rings is 1. The molecule has 2 aliphatic heterocycles. The number of fused-ring (bicyclic) bond motifs is 1. The van der Waals surface area contributed by atoms with Gasteiger partial charge in [0.25, 0.3) is 0 Å². The first-order valence-corrected chi connectivity index (χ1v) is 9.98. The fourth-order valence-electron chi connectivity index (χ4n) is 3.93. The van der Waals surface area contributed by atoms with Gasteiger partial charge in [0.2, 0.25) is 5.91 Å². The van der Waals surface area contributed by atoms with Crippen LogP contribution >= 0.6 is 0 Å². The molecule has 2 aromatic carbocycles. The fourth-order valence-corrected chi connectivity index (χ4v) is 3.93. The normalized spacial score (nSPS) is 18.8. The number of alkyl halides is 3. The highest BCUT2D eigenvalue weighted by atomic mass is 19.4. The number of halogens is 3. The summed E-state index contributed by atoms with van der Waals surface area (Å²) >= 11 is 0. The SMILES string of the molecule is CC1(C)Oc2ccc(OC(F)(F)F)cc2C=C1N1CCN(Cc2ccccc2)CC1=O. The predicted octanol–water partition coefficient (Wildman–Crippen LogP) is 4.44. The lowest BCUT2D eigenvalue weighted by Crippen LogP contribution is -2.53. The molecule has 0 radical (unpaired) electrons. The Kier molecular flexibility index (Phi) is 5.43. The highest BCUT2D eigenvalue weighted by molar-refractivity contribution is 5.83. The van der Waals surface area contributed by atoms with Crippen molar-refractivity contribution in [3.05, 3.63) is 65.4 Å². The largest absolute Gasteiger partial charge is 0.573 e. The van der Waals surface area contributed by atoms with E-state index in [1.807, 2.05) is 44.2 Å². The number of nitrogens with zero attached hydrogens (tertiary/aromatic N) is 2. The van der Waals surface area contributed by atoms with Crippen LogP contribution in [0.25, 0.3) is 6.08 Å². The number of carbonyl (C=O) groups excluding carboxylic acids is 1. The Balaban J connectivity index is 1.54. The van der Waals surface area contributed by atoms with E-state index < -0.39 is 12.0 Å². The molecule has 0 N–H and O–H groups in total. The van der Waals surface area contributed by atoms with Crippen LogP contribution in [0.5, 0.6) is 11.5 Å². The van der Waals surface area contributed by atoms with Crippen LogP contribution in [0.2, 0.25) is 0 Å². The van der Waals surface area contributed by atoms with Crippen LogP contribution in [0.15, 0.2) is 54.2 Å². The molecular formula is C23H23F3N2O3. The highest BCUT2D eigenvalue weighted by Crippen LogP contribution is 2.39. The topological polar surface area (TPSA) is 42.0 Å². The minimum absolute atomic E-state index is 0.0729. The van der Waals surface area contributed by atoms with E-state index in [-0.39, 0.29) is 18.2 Å². The molecule has 1 saturated heterocycles. The molecule has 164 valence electrons. The average Bonchev–Trinajstić information content (AvgIpc) is 2.67. The Hall–Kier alpha value is -3.00. The van der Waals surface area contributed by atoms with E-state index in [0.29, 0.717) is 36.6 Å². The Morgan fingerprint density at radius 1 is 1.10 bits per heavy atom. The molecule has 0 spiro atoms. The van der Waals surface area contributed by atoms with Crippen molar-refractivity contribution in [2.45, 2.75) is 32.4 Å². The molecule has 0 aromatic heterocycles. The van der Waals surface area contributed by atoms with Crippen LogP contribution in [0, 0.1) is 0 Å². The van der Waals surface area contributed by atoms with Gasteiger partial charge in [-0.3, -0.25) is 9.69 Å². The van der Waals surface area contributed by atoms with E-state index in [1.54, 1.807) is 11.0 Å². The maximum Gasteiger partial charge on any atom is 0.573 e. The Bertz CT molecular complexity index is 1000. The summed E-state index contributed by atoms with van der Waals surface area (Å²) in [4.78, 5) is 16.7. The molecule has 2 aromatic rings. The minimum atomic E-state index is -4.78. The summed E-state index contributed by atoms with van der Waals surface area (Å²) in [5, 5.41) is 0. The number of hydrogen-bond acceptors (Lipinski definition) is 4. The van der Waals surface area contributed by atoms with E-state index in [1.165, 1.54) is 18.2 Å². The molecule has 0 saturated carbocycles. The quantitative estimate of drug-likeness (QED) is 0.717. The lowest BCUT2D eigenvalue weighted by atomic mass is 9.96. The van der Waals surface area contributed by atoms with Gasteiger partial charge < -0.3 is 14.4 Å². The smallest absolute Gasteiger partial charge is 0.481 e. The summed E-state index contributed by atoms with van der Waals surface area (Å²) < 4.78 is 47.8. The predicted molar refractivity (Wildman–Crippen MR) is 109 cm³/mol. The van der Waals surface area contributed by atoms with Gasteiger partial charge in [0.15, 0.2) is 0 Å². The summed E-state index contributed by atoms with van der Waals surface area (Å²) in [5.74, 6) is 0.0406. The van der Waals surface area contributed by atoms with E-state index in [2.05, 4.69) is 9.64 Å². The third-order valence-corrected chi connectivity index (χ3v) is 5.33. The molecule has 0 aliphatic carbocycles. The van der Waals surface area contributed by atoms with Crippen molar-refractivity contribution >= 4 is 12.0 Å². The second-order valence-electron chi connectivity index (χ2n) is 8.13. The molecule has 2 heterocycles. The van der Waals surface area contributed by atoms with E-state index >= 15 is 0 Å². The number of carbonyl (C=O) groups is 1. The molecule has 0 atom stereocenters. The van der Waals surface area contributed by atoms with E-state index in [0.717, 1.165) is 5.56 Å². The maximum atomic E-state index is 13.0. The Labute approximate surface area is 178 Å². The summed E-state index contributed by atoms with van der Waals surface area (Å²) in [5.41, 5.74) is 1.39. The first-order chi connectivity index (χ1) is 14.6. The number of rotatable bonds is 4. The number of ether oxygens (including phenoxy) is 2. The number of amides is 1. The van der Waals surface area contributed by atoms with Gasteiger partial charge in [0.05, 0.1) is 12.2 Å². The van der Waals surface area contributed by atoms with Crippen LogP contribution in [0.3, 0.4) is 0 Å². The lowest BCUT2D eigenvalue weighted by Gasteiger charge is -2.42. The van der Waals surface area contributed by atoms with Crippen molar-refractivity contribution in [2.24, 2.45) is 0 Å². The average molecular weight is 432 g/mol. The van der Waals surface area contributed by atoms with Gasteiger partial charge in [-0.05, 0) is 43.7 Å². The summed E-state index contributed by atoms with van der Waals surface area (Å²) in [6.45, 7) is 5.76. The molecule has 4 rings (SSSR count). The van der Waals surface area contributed by atoms with Crippen LogP contribution in [0.1, 0.15) is 25.0 Å². The zero-order valence-electron chi connectivity index (χ0n) is 17.3. The molecule has 8 heteroatoms. The van der Waals surface area contributed by atoms with Crippen molar-refractivity contribution < 1.29 is 27.4 Å². The first-order valence-electron chi connectivity index (χ1n) is 9.98. The van der Waals surface area contributed by atoms with Crippen molar-refractivity contribution in [3.8, 4) is 11.5 Å². The van der Waals surface area contributed by atoms with Gasteiger partial charge in [0, 0.05) is 25.2 Å². The molecule has 5 nitrogen and oxygen atoms in total. The van der Waals surface area contributed by atoms with E-state index in [9.17, 15) is 18.0 Å². The second-order valence-corrected chi connectivity index (χ2v) is 8.13. The third-order valence-electron chi connectivity index (χ3n) is 5.33. The van der Waals surface area contributed by atoms with Gasteiger partial charge in [-0.15, -0.1) is 13.2 Å². The number of hydrogen-bond donors (Lipinski definition) is 0. The second kappa shape index (κ2) is 7.92. The van der Waals surface area contributed by atoms with Gasteiger partial charge in [-0.2, -0.15) is 0 Å². The molecular weight excluding hydrogens is 409 g/mol. The van der Waals surface area contributed by atoms with Gasteiger partial charge in [-0.1, -0.05) is 30.3 Å². The fraction of sp³-hybridized carbons (Fsp3) is 0.348. The minimum Gasteiger partial charge on any atom is -0.481 e. The van der Waals surface area contributed by atoms with Crippen molar-refractivity contribution in [1.29, 1.82) is 0 Å². The highest BCUT2D eigenvalue weighted by Gasteiger charge is 2.39. The molecule has 2 aliphatic rings. The van der Waals surface area contributed by atoms with Gasteiger partial charge in [-0.25, -0.2) is 0 Å². The summed E-state index contributed by atoms with van der Waals surface area (Å²) in [6.07, 6.45) is -3.06. The van der Waals surface area contributed by atoms with Crippen LogP contribution < -0.4 is 9.47 Å². The lowest BCUT2D eigenvalue weighted by molar-refractivity contribution is -0.274. The molecule has 0 unspecified atom stereocenters. The summed E-state index contributed by atoms with van der Waals surface area (Å²) in [6, 6.07) is 13.9. The monoisotopic (exact) mass is 432 g/mol. The molecule has 0 bridgehead atoms. The zero-order chi connectivity index (χ0) is 22.2. The van der Waals surface area contributed by atoms with Crippen LogP contribution in [-0.4, -0.2) is 47.3 Å². The van der Waals surface area contributed by atoms with E-state index in [4.69, 9.17) is 4.74 Å². The van der Waals surface area contributed by atoms with Crippen molar-refractivity contribution in [2.75, 3.05) is 19.6 Å². The molecule has 1 amide bonds. The van der Waals surface area contributed by atoms with Crippen LogP contribution in [-0.2, 0) is 11.3 Å². The van der Waals surface area contributed by atoms with Gasteiger partial charge >= 0.3 is 6.36 Å². The number of benzene rings is 2. The summed E-state index contributed by atoms with van der Waals surface area (Å²) in [7, 11) is 0. The van der Waals surface area contributed by atoms with Crippen LogP contribution in [0.4, 0.5) is 13.2 Å². The Morgan fingerprint density at radius 2 is 1.84 bits per heavy atom. The van der Waals surface area contributed by atoms with Crippen molar-refractivity contribution in [1.82, 2.24) is 9.80 Å². The third kappa shape index (κ3) is 4.85. The van der Waals surface area contributed by atoms with Crippen molar-refractivity contribution in [3.63, 3.8) is 0 Å². The zero-order valence-corrected chi connectivity index (χ0v) is 17.3. The molecule has 1 fully saturated rings. The standard InChI is InChI=1S/C23H23F3N2O3/c1-22(2)20(13-17-12-18(30-23(24,25)26)8-9-19(17)31-22)28-11-10-27(15-21(28)29)14-16-6-4-3-5-7-16/h3-9,12-13H,10-11,14-15H2,1-2H3. The first kappa shape index (κ1) is 21.2. The molecule has 31 heavy (non-hydrogen) atoms. The maximum absolute atomic E-state index is 13.0. The Morgan fingerprint density at radius 3 is 2.52 bits per heavy atom. The van der Waals surface area contributed by atoms with Gasteiger partial charge in [0.1, 0.15) is 17.1 Å².